The van der Waals surface area contributed by atoms with Gasteiger partial charge in [-0.15, -0.1) is 11.3 Å². The molecule has 22 heavy (non-hydrogen) atoms. The number of rotatable bonds is 3. The van der Waals surface area contributed by atoms with E-state index in [-0.39, 0.29) is 12.6 Å². The van der Waals surface area contributed by atoms with Gasteiger partial charge in [0.2, 0.25) is 0 Å². The normalized spacial score (nSPS) is 13.9. The molecule has 3 nitrogen and oxygen atoms in total. The van der Waals surface area contributed by atoms with Crippen LogP contribution in [0.25, 0.3) is 10.2 Å². The van der Waals surface area contributed by atoms with Gasteiger partial charge in [-0.2, -0.15) is 0 Å². The molecule has 2 aromatic carbocycles. The van der Waals surface area contributed by atoms with Crippen LogP contribution in [0.5, 0.6) is 5.75 Å². The summed E-state index contributed by atoms with van der Waals surface area (Å²) in [6.45, 7) is 0.614. The van der Waals surface area contributed by atoms with Gasteiger partial charge < -0.3 is 9.47 Å². The molecule has 4 rings (SSSR count). The van der Waals surface area contributed by atoms with Crippen molar-refractivity contribution >= 4 is 33.3 Å². The van der Waals surface area contributed by atoms with Gasteiger partial charge in [0, 0.05) is 16.9 Å². The third kappa shape index (κ3) is 2.69. The quantitative estimate of drug-likeness (QED) is 0.656. The van der Waals surface area contributed by atoms with Crippen molar-refractivity contribution in [2.24, 2.45) is 0 Å². The van der Waals surface area contributed by atoms with Gasteiger partial charge in [0.25, 0.3) is 0 Å². The SMILES string of the molecule is Fc1cc2c(c(CSc3nc4ccccc4s3)c1)OCOC2. The number of hydrogen-bond acceptors (Lipinski definition) is 5. The molecule has 0 bridgehead atoms. The second kappa shape index (κ2) is 5.87. The molecule has 1 aromatic heterocycles. The van der Waals surface area contributed by atoms with Crippen molar-refractivity contribution in [2.45, 2.75) is 16.7 Å². The molecule has 0 amide bonds. The first kappa shape index (κ1) is 14.0. The minimum absolute atomic E-state index is 0.220. The van der Waals surface area contributed by atoms with Crippen molar-refractivity contribution in [1.82, 2.24) is 4.98 Å². The van der Waals surface area contributed by atoms with E-state index in [0.29, 0.717) is 12.4 Å². The predicted molar refractivity (Wildman–Crippen MR) is 85.9 cm³/mol. The Morgan fingerprint density at radius 3 is 3.09 bits per heavy atom. The maximum atomic E-state index is 13.7. The van der Waals surface area contributed by atoms with Crippen molar-refractivity contribution in [3.63, 3.8) is 0 Å². The molecule has 0 atom stereocenters. The molecule has 6 heteroatoms. The number of aromatic nitrogens is 1. The molecule has 2 heterocycles. The molecule has 0 radical (unpaired) electrons. The highest BCUT2D eigenvalue weighted by Crippen LogP contribution is 2.36. The Bertz CT molecular complexity index is 801. The summed E-state index contributed by atoms with van der Waals surface area (Å²) in [5.41, 5.74) is 2.62. The Hall–Kier alpha value is -1.63. The lowest BCUT2D eigenvalue weighted by Gasteiger charge is -2.20. The zero-order valence-electron chi connectivity index (χ0n) is 11.5. The van der Waals surface area contributed by atoms with E-state index in [0.717, 1.165) is 31.4 Å². The molecule has 0 N–H and O–H groups in total. The first-order valence-electron chi connectivity index (χ1n) is 6.80. The smallest absolute Gasteiger partial charge is 0.189 e. The van der Waals surface area contributed by atoms with E-state index in [1.165, 1.54) is 12.1 Å². The molecule has 0 fully saturated rings. The largest absolute Gasteiger partial charge is 0.467 e. The summed E-state index contributed by atoms with van der Waals surface area (Å²) < 4.78 is 26.6. The van der Waals surface area contributed by atoms with Gasteiger partial charge in [-0.05, 0) is 24.3 Å². The molecule has 112 valence electrons. The summed E-state index contributed by atoms with van der Waals surface area (Å²) in [4.78, 5) is 4.58. The third-order valence-corrected chi connectivity index (χ3v) is 5.61. The monoisotopic (exact) mass is 333 g/mol. The van der Waals surface area contributed by atoms with Crippen molar-refractivity contribution in [1.29, 1.82) is 0 Å². The van der Waals surface area contributed by atoms with Crippen LogP contribution in [0.15, 0.2) is 40.7 Å². The van der Waals surface area contributed by atoms with E-state index in [1.54, 1.807) is 23.1 Å². The fourth-order valence-electron chi connectivity index (χ4n) is 2.42. The second-order valence-corrected chi connectivity index (χ2v) is 7.15. The van der Waals surface area contributed by atoms with Gasteiger partial charge in [0.15, 0.2) is 11.1 Å². The van der Waals surface area contributed by atoms with E-state index < -0.39 is 0 Å². The highest BCUT2D eigenvalue weighted by atomic mass is 32.2. The molecule has 0 unspecified atom stereocenters. The molecule has 0 aliphatic carbocycles. The minimum atomic E-state index is -0.257. The summed E-state index contributed by atoms with van der Waals surface area (Å²) >= 11 is 3.25. The van der Waals surface area contributed by atoms with Crippen LogP contribution in [-0.2, 0) is 17.1 Å². The highest BCUT2D eigenvalue weighted by molar-refractivity contribution is 8.00. The van der Waals surface area contributed by atoms with Crippen LogP contribution in [0.1, 0.15) is 11.1 Å². The Kier molecular flexibility index (Phi) is 3.73. The number of hydrogen-bond donors (Lipinski definition) is 0. The topological polar surface area (TPSA) is 31.4 Å². The summed E-state index contributed by atoms with van der Waals surface area (Å²) in [5.74, 6) is 1.12. The molecule has 0 saturated heterocycles. The van der Waals surface area contributed by atoms with Gasteiger partial charge in [-0.3, -0.25) is 0 Å². The van der Waals surface area contributed by atoms with Crippen LogP contribution in [0.2, 0.25) is 0 Å². The lowest BCUT2D eigenvalue weighted by molar-refractivity contribution is -0.0171. The summed E-state index contributed by atoms with van der Waals surface area (Å²) in [7, 11) is 0. The summed E-state index contributed by atoms with van der Waals surface area (Å²) in [6.07, 6.45) is 0. The number of benzene rings is 2. The van der Waals surface area contributed by atoms with Gasteiger partial charge in [0.1, 0.15) is 11.6 Å². The lowest BCUT2D eigenvalue weighted by Crippen LogP contribution is -2.13. The van der Waals surface area contributed by atoms with E-state index in [4.69, 9.17) is 9.47 Å². The maximum absolute atomic E-state index is 13.7. The van der Waals surface area contributed by atoms with Gasteiger partial charge in [0.05, 0.1) is 16.8 Å². The lowest BCUT2D eigenvalue weighted by atomic mass is 10.1. The van der Waals surface area contributed by atoms with Crippen LogP contribution in [0.4, 0.5) is 4.39 Å². The van der Waals surface area contributed by atoms with Crippen LogP contribution < -0.4 is 4.74 Å². The van der Waals surface area contributed by atoms with Crippen LogP contribution in [0, 0.1) is 5.82 Å². The van der Waals surface area contributed by atoms with E-state index in [9.17, 15) is 4.39 Å². The Balaban J connectivity index is 1.59. The van der Waals surface area contributed by atoms with Gasteiger partial charge in [-0.1, -0.05) is 23.9 Å². The van der Waals surface area contributed by atoms with E-state index >= 15 is 0 Å². The van der Waals surface area contributed by atoms with E-state index in [1.807, 2.05) is 18.2 Å². The van der Waals surface area contributed by atoms with Gasteiger partial charge in [-0.25, -0.2) is 9.37 Å². The van der Waals surface area contributed by atoms with Crippen molar-refractivity contribution in [2.75, 3.05) is 6.79 Å². The summed E-state index contributed by atoms with van der Waals surface area (Å²) in [6, 6.07) is 11.0. The highest BCUT2D eigenvalue weighted by Gasteiger charge is 2.17. The average molecular weight is 333 g/mol. The molecular formula is C16H12FNO2S2. The fraction of sp³-hybridized carbons (Fsp3) is 0.188. The van der Waals surface area contributed by atoms with E-state index in [2.05, 4.69) is 11.1 Å². The van der Waals surface area contributed by atoms with Crippen molar-refractivity contribution in [3.05, 3.63) is 53.3 Å². The first-order chi connectivity index (χ1) is 10.8. The number of para-hydroxylation sites is 1. The zero-order chi connectivity index (χ0) is 14.9. The third-order valence-electron chi connectivity index (χ3n) is 3.38. The molecule has 0 spiro atoms. The first-order valence-corrected chi connectivity index (χ1v) is 8.60. The van der Waals surface area contributed by atoms with Gasteiger partial charge >= 0.3 is 0 Å². The number of thioether (sulfide) groups is 1. The molecule has 1 aliphatic heterocycles. The molecule has 0 saturated carbocycles. The average Bonchev–Trinajstić information content (AvgIpc) is 2.95. The molecule has 3 aromatic rings. The van der Waals surface area contributed by atoms with Crippen molar-refractivity contribution < 1.29 is 13.9 Å². The Morgan fingerprint density at radius 2 is 2.18 bits per heavy atom. The van der Waals surface area contributed by atoms with Crippen LogP contribution in [0.3, 0.4) is 0 Å². The number of fused-ring (bicyclic) bond motifs is 2. The molecule has 1 aliphatic rings. The zero-order valence-corrected chi connectivity index (χ0v) is 13.2. The van der Waals surface area contributed by atoms with Crippen molar-refractivity contribution in [3.8, 4) is 5.75 Å². The number of halogens is 1. The maximum Gasteiger partial charge on any atom is 0.189 e. The standard InChI is InChI=1S/C16H12FNO2S2/c17-12-5-10-7-19-9-20-15(10)11(6-12)8-21-16-18-13-3-1-2-4-14(13)22-16/h1-6H,7-9H2. The fourth-order valence-corrected chi connectivity index (χ4v) is 4.45. The van der Waals surface area contributed by atoms with Crippen LogP contribution in [-0.4, -0.2) is 11.8 Å². The number of thiazole rings is 1. The van der Waals surface area contributed by atoms with Crippen LogP contribution >= 0.6 is 23.1 Å². The minimum Gasteiger partial charge on any atom is -0.467 e. The second-order valence-electron chi connectivity index (χ2n) is 4.90. The predicted octanol–water partition coefficient (Wildman–Crippen LogP) is 4.59. The number of nitrogens with zero attached hydrogens (tertiary/aromatic N) is 1. The number of ether oxygens (including phenoxy) is 2. The Labute approximate surface area is 135 Å². The Morgan fingerprint density at radius 1 is 1.27 bits per heavy atom. The molecular weight excluding hydrogens is 321 g/mol. The summed E-state index contributed by atoms with van der Waals surface area (Å²) in [5, 5.41) is 0.